The predicted molar refractivity (Wildman–Crippen MR) is 118 cm³/mol. The monoisotopic (exact) mass is 402 g/mol. The van der Waals surface area contributed by atoms with Crippen molar-refractivity contribution in [2.75, 3.05) is 0 Å². The van der Waals surface area contributed by atoms with E-state index in [1.165, 1.54) is 0 Å². The van der Waals surface area contributed by atoms with Gasteiger partial charge in [-0.25, -0.2) is 9.59 Å². The lowest BCUT2D eigenvalue weighted by molar-refractivity contribution is 0.0686. The Hall–Kier alpha value is -3.40. The first-order valence-corrected chi connectivity index (χ1v) is 9.82. The molecule has 0 spiro atoms. The molecule has 0 aliphatic carbocycles. The third-order valence-corrected chi connectivity index (χ3v) is 6.04. The Bertz CT molecular complexity index is 969. The molecule has 30 heavy (non-hydrogen) atoms. The van der Waals surface area contributed by atoms with E-state index < -0.39 is 11.9 Å². The summed E-state index contributed by atoms with van der Waals surface area (Å²) in [5.41, 5.74) is 4.36. The van der Waals surface area contributed by atoms with Crippen molar-refractivity contribution in [1.29, 1.82) is 0 Å². The molecular formula is C26H26O4. The fraction of sp³-hybridized carbons (Fsp3) is 0.231. The average Bonchev–Trinajstić information content (AvgIpc) is 2.74. The second kappa shape index (κ2) is 7.79. The minimum absolute atomic E-state index is 0.275. The van der Waals surface area contributed by atoms with Crippen LogP contribution in [0.2, 0.25) is 0 Å². The molecule has 0 aromatic heterocycles. The zero-order valence-corrected chi connectivity index (χ0v) is 17.6. The van der Waals surface area contributed by atoms with Crippen molar-refractivity contribution < 1.29 is 19.8 Å². The molecule has 0 saturated heterocycles. The van der Waals surface area contributed by atoms with Crippen LogP contribution in [-0.2, 0) is 10.8 Å². The summed E-state index contributed by atoms with van der Waals surface area (Å²) in [6.45, 7) is 8.47. The lowest BCUT2D eigenvalue weighted by Gasteiger charge is -2.29. The number of aromatic carboxylic acids is 2. The number of carbonyl (C=O) groups is 2. The molecule has 0 fully saturated rings. The Kier molecular flexibility index (Phi) is 5.53. The highest BCUT2D eigenvalue weighted by molar-refractivity contribution is 5.88. The quantitative estimate of drug-likeness (QED) is 0.552. The number of benzene rings is 3. The summed E-state index contributed by atoms with van der Waals surface area (Å²) >= 11 is 0. The van der Waals surface area contributed by atoms with E-state index in [0.29, 0.717) is 0 Å². The molecule has 0 radical (unpaired) electrons. The topological polar surface area (TPSA) is 74.6 Å². The Morgan fingerprint density at radius 2 is 0.700 bits per heavy atom. The lowest BCUT2D eigenvalue weighted by Crippen LogP contribution is -2.21. The summed E-state index contributed by atoms with van der Waals surface area (Å²) < 4.78 is 0. The molecule has 0 saturated carbocycles. The Labute approximate surface area is 176 Å². The lowest BCUT2D eigenvalue weighted by atomic mass is 9.74. The minimum Gasteiger partial charge on any atom is -0.478 e. The number of rotatable bonds is 6. The summed E-state index contributed by atoms with van der Waals surface area (Å²) in [6, 6.07) is 22.4. The molecular weight excluding hydrogens is 376 g/mol. The molecule has 3 aromatic rings. The van der Waals surface area contributed by atoms with Crippen LogP contribution >= 0.6 is 0 Å². The molecule has 0 heterocycles. The molecule has 154 valence electrons. The van der Waals surface area contributed by atoms with Gasteiger partial charge < -0.3 is 10.2 Å². The fourth-order valence-corrected chi connectivity index (χ4v) is 3.70. The molecule has 3 rings (SSSR count). The van der Waals surface area contributed by atoms with Crippen LogP contribution in [-0.4, -0.2) is 22.2 Å². The molecule has 0 aliphatic rings. The molecule has 4 nitrogen and oxygen atoms in total. The van der Waals surface area contributed by atoms with Crippen molar-refractivity contribution in [3.8, 4) is 0 Å². The van der Waals surface area contributed by atoms with Crippen molar-refractivity contribution in [3.63, 3.8) is 0 Å². The van der Waals surface area contributed by atoms with Crippen molar-refractivity contribution in [2.24, 2.45) is 0 Å². The fourth-order valence-electron chi connectivity index (χ4n) is 3.70. The molecule has 2 N–H and O–H groups in total. The normalized spacial score (nSPS) is 11.9. The first kappa shape index (κ1) is 21.3. The van der Waals surface area contributed by atoms with Gasteiger partial charge in [0.2, 0.25) is 0 Å². The summed E-state index contributed by atoms with van der Waals surface area (Å²) in [6.07, 6.45) is 0. The van der Waals surface area contributed by atoms with E-state index in [-0.39, 0.29) is 22.0 Å². The molecule has 0 unspecified atom stereocenters. The van der Waals surface area contributed by atoms with Gasteiger partial charge in [-0.1, -0.05) is 76.2 Å². The van der Waals surface area contributed by atoms with Gasteiger partial charge in [-0.15, -0.1) is 0 Å². The zero-order chi connectivity index (χ0) is 22.1. The van der Waals surface area contributed by atoms with Crippen LogP contribution in [0.4, 0.5) is 0 Å². The van der Waals surface area contributed by atoms with E-state index in [1.54, 1.807) is 24.3 Å². The van der Waals surface area contributed by atoms with E-state index in [0.717, 1.165) is 22.3 Å². The second-order valence-corrected chi connectivity index (χ2v) is 8.59. The van der Waals surface area contributed by atoms with Gasteiger partial charge in [0.1, 0.15) is 0 Å². The smallest absolute Gasteiger partial charge is 0.335 e. The summed E-state index contributed by atoms with van der Waals surface area (Å²) in [4.78, 5) is 22.2. The molecule has 0 aliphatic heterocycles. The van der Waals surface area contributed by atoms with Crippen molar-refractivity contribution in [2.45, 2.75) is 38.5 Å². The van der Waals surface area contributed by atoms with E-state index in [9.17, 15) is 9.59 Å². The van der Waals surface area contributed by atoms with Crippen LogP contribution in [0.25, 0.3) is 0 Å². The van der Waals surface area contributed by atoms with Crippen LogP contribution < -0.4 is 0 Å². The van der Waals surface area contributed by atoms with Crippen molar-refractivity contribution in [3.05, 3.63) is 106 Å². The van der Waals surface area contributed by atoms with Crippen molar-refractivity contribution >= 4 is 11.9 Å². The van der Waals surface area contributed by atoms with E-state index >= 15 is 0 Å². The number of carboxylic acid groups (broad SMARTS) is 2. The zero-order valence-electron chi connectivity index (χ0n) is 17.6. The summed E-state index contributed by atoms with van der Waals surface area (Å²) in [5.74, 6) is -1.86. The highest BCUT2D eigenvalue weighted by atomic mass is 16.4. The molecule has 4 heteroatoms. The standard InChI is InChI=1S/C26H26O4/c1-25(2,19-9-5-17(6-10-19)23(27)28)21-13-15-22(16-14-21)26(3,4)20-11-7-18(8-12-20)24(29)30/h5-16H,1-4H3,(H,27,28)(H,29,30). The molecule has 3 aromatic carbocycles. The second-order valence-electron chi connectivity index (χ2n) is 8.59. The van der Waals surface area contributed by atoms with E-state index in [2.05, 4.69) is 52.0 Å². The largest absolute Gasteiger partial charge is 0.478 e. The van der Waals surface area contributed by atoms with Crippen LogP contribution in [0.15, 0.2) is 72.8 Å². The number of hydrogen-bond donors (Lipinski definition) is 2. The van der Waals surface area contributed by atoms with Crippen LogP contribution in [0.3, 0.4) is 0 Å². The first-order chi connectivity index (χ1) is 14.0. The summed E-state index contributed by atoms with van der Waals surface area (Å²) in [7, 11) is 0. The maximum Gasteiger partial charge on any atom is 0.335 e. The minimum atomic E-state index is -0.928. The maximum atomic E-state index is 11.1. The van der Waals surface area contributed by atoms with Gasteiger partial charge >= 0.3 is 11.9 Å². The number of carboxylic acids is 2. The third kappa shape index (κ3) is 3.99. The molecule has 0 atom stereocenters. The average molecular weight is 402 g/mol. The summed E-state index contributed by atoms with van der Waals surface area (Å²) in [5, 5.41) is 18.2. The third-order valence-electron chi connectivity index (χ3n) is 6.04. The van der Waals surface area contributed by atoms with Crippen LogP contribution in [0.1, 0.15) is 70.7 Å². The SMILES string of the molecule is CC(C)(c1ccc(C(=O)O)cc1)c1ccc(C(C)(C)c2ccc(C(=O)O)cc2)cc1. The highest BCUT2D eigenvalue weighted by Crippen LogP contribution is 2.35. The predicted octanol–water partition coefficient (Wildman–Crippen LogP) is 5.73. The van der Waals surface area contributed by atoms with Gasteiger partial charge in [0, 0.05) is 10.8 Å². The van der Waals surface area contributed by atoms with Gasteiger partial charge in [0.05, 0.1) is 11.1 Å². The van der Waals surface area contributed by atoms with E-state index in [1.807, 2.05) is 24.3 Å². The van der Waals surface area contributed by atoms with Gasteiger partial charge in [-0.05, 0) is 46.5 Å². The first-order valence-electron chi connectivity index (χ1n) is 9.82. The van der Waals surface area contributed by atoms with Crippen LogP contribution in [0, 0.1) is 0 Å². The van der Waals surface area contributed by atoms with Gasteiger partial charge in [-0.2, -0.15) is 0 Å². The van der Waals surface area contributed by atoms with Gasteiger partial charge in [0.15, 0.2) is 0 Å². The molecule has 0 bridgehead atoms. The Balaban J connectivity index is 1.88. The molecule has 0 amide bonds. The maximum absolute atomic E-state index is 11.1. The van der Waals surface area contributed by atoms with E-state index in [4.69, 9.17) is 10.2 Å². The highest BCUT2D eigenvalue weighted by Gasteiger charge is 2.26. The Morgan fingerprint density at radius 3 is 0.900 bits per heavy atom. The van der Waals surface area contributed by atoms with Gasteiger partial charge in [0.25, 0.3) is 0 Å². The Morgan fingerprint density at radius 1 is 0.500 bits per heavy atom. The van der Waals surface area contributed by atoms with Gasteiger partial charge in [-0.3, -0.25) is 0 Å². The van der Waals surface area contributed by atoms with Crippen molar-refractivity contribution in [1.82, 2.24) is 0 Å². The van der Waals surface area contributed by atoms with Crippen LogP contribution in [0.5, 0.6) is 0 Å². The number of hydrogen-bond acceptors (Lipinski definition) is 2.